The number of para-hydroxylation sites is 2. The molecule has 0 aliphatic carbocycles. The molecule has 0 spiro atoms. The lowest BCUT2D eigenvalue weighted by Gasteiger charge is -2.07. The van der Waals surface area contributed by atoms with Gasteiger partial charge in [-0.1, -0.05) is 35.5 Å². The minimum absolute atomic E-state index is 0.00269. The number of hydrogen-bond acceptors (Lipinski definition) is 5. The number of rotatable bonds is 5. The van der Waals surface area contributed by atoms with Crippen molar-refractivity contribution in [2.45, 2.75) is 17.3 Å². The van der Waals surface area contributed by atoms with Crippen LogP contribution in [-0.2, 0) is 4.79 Å². The number of imidazole rings is 1. The largest absolute Gasteiger partial charge is 0.506 e. The molecule has 0 saturated carbocycles. The number of carbonyl (C=O) groups is 1. The summed E-state index contributed by atoms with van der Waals surface area (Å²) in [5, 5.41) is 14.5. The van der Waals surface area contributed by atoms with Gasteiger partial charge in [0.05, 0.1) is 27.0 Å². The highest BCUT2D eigenvalue weighted by atomic mass is 79.9. The second-order valence-electron chi connectivity index (χ2n) is 5.38. The van der Waals surface area contributed by atoms with Crippen molar-refractivity contribution >= 4 is 62.4 Å². The highest BCUT2D eigenvalue weighted by molar-refractivity contribution is 9.10. The van der Waals surface area contributed by atoms with Gasteiger partial charge in [0, 0.05) is 10.6 Å². The van der Waals surface area contributed by atoms with Gasteiger partial charge in [-0.2, -0.15) is 5.10 Å². The van der Waals surface area contributed by atoms with Crippen molar-refractivity contribution in [1.82, 2.24) is 15.4 Å². The molecule has 134 valence electrons. The molecule has 1 amide bonds. The van der Waals surface area contributed by atoms with Gasteiger partial charge in [0.25, 0.3) is 5.91 Å². The third-order valence-corrected chi connectivity index (χ3v) is 5.27. The molecule has 0 fully saturated rings. The molecule has 1 heterocycles. The van der Waals surface area contributed by atoms with Crippen LogP contribution < -0.4 is 5.43 Å². The zero-order valence-electron chi connectivity index (χ0n) is 13.5. The number of thioether (sulfide) groups is 1. The number of fused-ring (bicyclic) bond motifs is 1. The topological polar surface area (TPSA) is 90.4 Å². The van der Waals surface area contributed by atoms with Crippen LogP contribution >= 0.6 is 39.3 Å². The monoisotopic (exact) mass is 452 g/mol. The molecule has 1 atom stereocenters. The Morgan fingerprint density at radius 3 is 3.00 bits per heavy atom. The quantitative estimate of drug-likeness (QED) is 0.305. The summed E-state index contributed by atoms with van der Waals surface area (Å²) in [6, 6.07) is 10.8. The van der Waals surface area contributed by atoms with Crippen molar-refractivity contribution in [1.29, 1.82) is 0 Å². The van der Waals surface area contributed by atoms with Crippen LogP contribution in [0.25, 0.3) is 11.0 Å². The molecule has 3 aromatic rings. The van der Waals surface area contributed by atoms with Crippen LogP contribution in [0.15, 0.2) is 51.1 Å². The van der Waals surface area contributed by atoms with Crippen LogP contribution in [0.1, 0.15) is 12.5 Å². The lowest BCUT2D eigenvalue weighted by molar-refractivity contribution is -0.120. The zero-order valence-corrected chi connectivity index (χ0v) is 16.7. The second kappa shape index (κ2) is 8.11. The number of benzene rings is 2. The normalized spacial score (nSPS) is 12.6. The van der Waals surface area contributed by atoms with Crippen LogP contribution in [0.4, 0.5) is 0 Å². The van der Waals surface area contributed by atoms with E-state index in [-0.39, 0.29) is 11.7 Å². The molecule has 9 heteroatoms. The van der Waals surface area contributed by atoms with Crippen molar-refractivity contribution < 1.29 is 9.90 Å². The van der Waals surface area contributed by atoms with E-state index in [1.54, 1.807) is 19.1 Å². The minimum Gasteiger partial charge on any atom is -0.506 e. The van der Waals surface area contributed by atoms with E-state index >= 15 is 0 Å². The average molecular weight is 454 g/mol. The number of hydrogen-bond donors (Lipinski definition) is 3. The van der Waals surface area contributed by atoms with Crippen molar-refractivity contribution in [3.05, 3.63) is 51.5 Å². The van der Waals surface area contributed by atoms with Gasteiger partial charge >= 0.3 is 0 Å². The smallest absolute Gasteiger partial charge is 0.253 e. The highest BCUT2D eigenvalue weighted by Gasteiger charge is 2.16. The zero-order chi connectivity index (χ0) is 18.7. The number of hydrazone groups is 1. The maximum atomic E-state index is 12.2. The van der Waals surface area contributed by atoms with Gasteiger partial charge in [-0.3, -0.25) is 4.79 Å². The van der Waals surface area contributed by atoms with Gasteiger partial charge < -0.3 is 10.1 Å². The lowest BCUT2D eigenvalue weighted by atomic mass is 10.2. The van der Waals surface area contributed by atoms with Gasteiger partial charge in [0.1, 0.15) is 5.75 Å². The number of carbonyl (C=O) groups excluding carboxylic acids is 1. The maximum Gasteiger partial charge on any atom is 0.253 e. The van der Waals surface area contributed by atoms with E-state index in [9.17, 15) is 9.90 Å². The van der Waals surface area contributed by atoms with Crippen LogP contribution in [0, 0.1) is 0 Å². The van der Waals surface area contributed by atoms with Crippen LogP contribution in [-0.4, -0.2) is 32.4 Å². The molecule has 0 aliphatic heterocycles. The van der Waals surface area contributed by atoms with Crippen molar-refractivity contribution in [3.63, 3.8) is 0 Å². The lowest BCUT2D eigenvalue weighted by Crippen LogP contribution is -2.26. The number of aromatic nitrogens is 2. The van der Waals surface area contributed by atoms with E-state index in [2.05, 4.69) is 36.4 Å². The number of halogens is 2. The Morgan fingerprint density at radius 1 is 1.46 bits per heavy atom. The molecule has 1 unspecified atom stereocenters. The summed E-state index contributed by atoms with van der Waals surface area (Å²) < 4.78 is 0.451. The summed E-state index contributed by atoms with van der Waals surface area (Å²) in [6.45, 7) is 1.76. The third-order valence-electron chi connectivity index (χ3n) is 3.46. The summed E-state index contributed by atoms with van der Waals surface area (Å²) in [6.07, 6.45) is 1.34. The van der Waals surface area contributed by atoms with E-state index in [0.29, 0.717) is 20.2 Å². The van der Waals surface area contributed by atoms with Gasteiger partial charge in [0.15, 0.2) is 5.16 Å². The van der Waals surface area contributed by atoms with E-state index in [1.165, 1.54) is 18.0 Å². The number of aromatic hydroxyl groups is 1. The molecule has 3 N–H and O–H groups in total. The molecule has 0 aliphatic rings. The number of nitrogens with zero attached hydrogens (tertiary/aromatic N) is 2. The highest BCUT2D eigenvalue weighted by Crippen LogP contribution is 2.30. The molecule has 2 aromatic carbocycles. The van der Waals surface area contributed by atoms with E-state index in [1.807, 2.05) is 24.3 Å². The Labute approximate surface area is 167 Å². The van der Waals surface area contributed by atoms with Gasteiger partial charge in [-0.05, 0) is 47.1 Å². The first kappa shape index (κ1) is 18.8. The molecule has 26 heavy (non-hydrogen) atoms. The predicted molar refractivity (Wildman–Crippen MR) is 108 cm³/mol. The summed E-state index contributed by atoms with van der Waals surface area (Å²) in [5.74, 6) is -0.288. The molecule has 6 nitrogen and oxygen atoms in total. The third kappa shape index (κ3) is 4.38. The number of phenolic OH excluding ortho intramolecular Hbond substituents is 1. The predicted octanol–water partition coefficient (Wildman–Crippen LogP) is 4.32. The molecule has 0 bridgehead atoms. The molecule has 1 aromatic heterocycles. The fourth-order valence-electron chi connectivity index (χ4n) is 2.15. The van der Waals surface area contributed by atoms with Gasteiger partial charge in [-0.25, -0.2) is 10.4 Å². The summed E-state index contributed by atoms with van der Waals surface area (Å²) >= 11 is 10.4. The molecule has 3 rings (SSSR count). The number of nitrogens with one attached hydrogen (secondary N) is 2. The van der Waals surface area contributed by atoms with Crippen molar-refractivity contribution in [2.75, 3.05) is 0 Å². The number of amides is 1. The average Bonchev–Trinajstić information content (AvgIpc) is 3.01. The number of H-pyrrole nitrogens is 1. The van der Waals surface area contributed by atoms with Gasteiger partial charge in [0.2, 0.25) is 0 Å². The Bertz CT molecular complexity index is 959. The van der Waals surface area contributed by atoms with Crippen LogP contribution in [0.5, 0.6) is 5.75 Å². The summed E-state index contributed by atoms with van der Waals surface area (Å²) in [5.41, 5.74) is 4.61. The standard InChI is InChI=1S/C17H14BrClN4O2S/c1-9(26-17-21-13-4-2-3-5-14(13)22-17)16(25)23-20-8-10-6-11(19)7-12(18)15(10)24/h2-9,24H,1H3,(H,21,22)(H,23,25)/b20-8+. The van der Waals surface area contributed by atoms with Crippen LogP contribution in [0.2, 0.25) is 5.02 Å². The summed E-state index contributed by atoms with van der Waals surface area (Å²) in [7, 11) is 0. The molecular formula is C17H14BrClN4O2S. The Kier molecular flexibility index (Phi) is 5.85. The van der Waals surface area contributed by atoms with Crippen molar-refractivity contribution in [2.24, 2.45) is 5.10 Å². The Hall–Kier alpha value is -2.03. The molecule has 0 radical (unpaired) electrons. The molecule has 0 saturated heterocycles. The SMILES string of the molecule is CC(Sc1nc2ccccc2[nH]1)C(=O)N/N=C/c1cc(Cl)cc(Br)c1O. The number of phenols is 1. The first-order chi connectivity index (χ1) is 12.4. The van der Waals surface area contributed by atoms with Gasteiger partial charge in [-0.15, -0.1) is 0 Å². The molecular weight excluding hydrogens is 440 g/mol. The van der Waals surface area contributed by atoms with E-state index in [0.717, 1.165) is 11.0 Å². The maximum absolute atomic E-state index is 12.2. The fraction of sp³-hybridized carbons (Fsp3) is 0.118. The summed E-state index contributed by atoms with van der Waals surface area (Å²) in [4.78, 5) is 19.8. The first-order valence-electron chi connectivity index (χ1n) is 7.56. The number of aromatic amines is 1. The van der Waals surface area contributed by atoms with E-state index < -0.39 is 5.25 Å². The first-order valence-corrected chi connectivity index (χ1v) is 9.61. The van der Waals surface area contributed by atoms with Crippen LogP contribution in [0.3, 0.4) is 0 Å². The fourth-order valence-corrected chi connectivity index (χ4v) is 3.80. The Balaban J connectivity index is 1.62. The minimum atomic E-state index is -0.410. The Morgan fingerprint density at radius 2 is 2.23 bits per heavy atom. The van der Waals surface area contributed by atoms with Crippen molar-refractivity contribution in [3.8, 4) is 5.75 Å². The second-order valence-corrected chi connectivity index (χ2v) is 8.00. The van der Waals surface area contributed by atoms with E-state index in [4.69, 9.17) is 11.6 Å².